The van der Waals surface area contributed by atoms with Crippen LogP contribution in [-0.2, 0) is 14.8 Å². The molecule has 1 aromatic carbocycles. The number of esters is 1. The molecule has 0 aromatic heterocycles. The van der Waals surface area contributed by atoms with Gasteiger partial charge in [-0.15, -0.1) is 0 Å². The van der Waals surface area contributed by atoms with Gasteiger partial charge in [-0.1, -0.05) is 13.8 Å². The van der Waals surface area contributed by atoms with Gasteiger partial charge >= 0.3 is 5.97 Å². The van der Waals surface area contributed by atoms with E-state index in [4.69, 9.17) is 9.88 Å². The zero-order valence-corrected chi connectivity index (χ0v) is 13.3. The molecule has 0 saturated heterocycles. The van der Waals surface area contributed by atoms with Gasteiger partial charge in [0, 0.05) is 5.56 Å². The third-order valence-electron chi connectivity index (χ3n) is 2.95. The van der Waals surface area contributed by atoms with E-state index < -0.39 is 26.7 Å². The lowest BCUT2D eigenvalue weighted by Crippen LogP contribution is -2.19. The predicted octanol–water partition coefficient (Wildman–Crippen LogP) is 2.37. The van der Waals surface area contributed by atoms with Crippen LogP contribution in [0.2, 0.25) is 0 Å². The molecule has 1 unspecified atom stereocenters. The normalized spacial score (nSPS) is 13.3. The van der Waals surface area contributed by atoms with E-state index >= 15 is 0 Å². The second-order valence-corrected chi connectivity index (χ2v) is 7.00. The highest BCUT2D eigenvalue weighted by Gasteiger charge is 2.21. The molecule has 0 spiro atoms. The fraction of sp³-hybridized carbons (Fsp3) is 0.500. The molecule has 0 bridgehead atoms. The minimum atomic E-state index is -4.11. The van der Waals surface area contributed by atoms with Crippen LogP contribution >= 0.6 is 0 Å². The molecule has 0 fully saturated rings. The average Bonchev–Trinajstić information content (AvgIpc) is 2.29. The smallest absolute Gasteiger partial charge is 0.338 e. The third kappa shape index (κ3) is 4.78. The Labute approximate surface area is 124 Å². The van der Waals surface area contributed by atoms with E-state index in [-0.39, 0.29) is 17.2 Å². The molecular formula is C14H20FNO4S. The van der Waals surface area contributed by atoms with Crippen molar-refractivity contribution in [3.8, 4) is 0 Å². The lowest BCUT2D eigenvalue weighted by atomic mass is 10.1. The van der Waals surface area contributed by atoms with Gasteiger partial charge in [0.2, 0.25) is 10.0 Å². The number of ether oxygens (including phenoxy) is 1. The number of primary sulfonamides is 1. The van der Waals surface area contributed by atoms with E-state index in [1.54, 1.807) is 6.92 Å². The minimum Gasteiger partial charge on any atom is -0.459 e. The average molecular weight is 317 g/mol. The minimum absolute atomic E-state index is 0.121. The predicted molar refractivity (Wildman–Crippen MR) is 76.8 cm³/mol. The van der Waals surface area contributed by atoms with Crippen LogP contribution < -0.4 is 5.14 Å². The van der Waals surface area contributed by atoms with Crippen molar-refractivity contribution in [1.82, 2.24) is 0 Å². The fourth-order valence-corrected chi connectivity index (χ4v) is 2.85. The Morgan fingerprint density at radius 3 is 2.38 bits per heavy atom. The first-order valence-corrected chi connectivity index (χ1v) is 8.11. The van der Waals surface area contributed by atoms with E-state index in [0.29, 0.717) is 12.3 Å². The molecule has 5 nitrogen and oxygen atoms in total. The second kappa shape index (κ2) is 6.53. The molecule has 0 saturated carbocycles. The van der Waals surface area contributed by atoms with Crippen LogP contribution in [0.4, 0.5) is 4.39 Å². The molecule has 0 radical (unpaired) electrons. The summed E-state index contributed by atoms with van der Waals surface area (Å²) >= 11 is 0. The van der Waals surface area contributed by atoms with Crippen molar-refractivity contribution in [3.05, 3.63) is 29.1 Å². The number of rotatable bonds is 5. The molecule has 0 aliphatic carbocycles. The van der Waals surface area contributed by atoms with Crippen molar-refractivity contribution in [1.29, 1.82) is 0 Å². The second-order valence-electron chi connectivity index (χ2n) is 5.47. The van der Waals surface area contributed by atoms with Crippen molar-refractivity contribution in [2.24, 2.45) is 11.1 Å². The monoisotopic (exact) mass is 317 g/mol. The number of carbonyl (C=O) groups is 1. The van der Waals surface area contributed by atoms with Crippen LogP contribution in [0.1, 0.15) is 43.1 Å². The summed E-state index contributed by atoms with van der Waals surface area (Å²) in [6.45, 7) is 6.97. The number of hydrogen-bond donors (Lipinski definition) is 1. The van der Waals surface area contributed by atoms with Gasteiger partial charge in [-0.05, 0) is 38.3 Å². The highest BCUT2D eigenvalue weighted by atomic mass is 32.2. The van der Waals surface area contributed by atoms with Gasteiger partial charge in [-0.3, -0.25) is 0 Å². The van der Waals surface area contributed by atoms with Gasteiger partial charge in [0.05, 0.1) is 16.6 Å². The lowest BCUT2D eigenvalue weighted by Gasteiger charge is -2.16. The summed E-state index contributed by atoms with van der Waals surface area (Å²) in [5.74, 6) is -1.25. The summed E-state index contributed by atoms with van der Waals surface area (Å²) in [5, 5.41) is 5.02. The molecule has 7 heteroatoms. The zero-order chi connectivity index (χ0) is 16.4. The first-order chi connectivity index (χ1) is 9.52. The van der Waals surface area contributed by atoms with Crippen molar-refractivity contribution in [3.63, 3.8) is 0 Å². The molecule has 118 valence electrons. The molecule has 0 amide bonds. The van der Waals surface area contributed by atoms with Crippen LogP contribution in [0.25, 0.3) is 0 Å². The van der Waals surface area contributed by atoms with E-state index in [2.05, 4.69) is 0 Å². The topological polar surface area (TPSA) is 86.5 Å². The van der Waals surface area contributed by atoms with Crippen molar-refractivity contribution < 1.29 is 22.3 Å². The van der Waals surface area contributed by atoms with E-state index in [1.165, 1.54) is 6.92 Å². The van der Waals surface area contributed by atoms with Crippen LogP contribution in [-0.4, -0.2) is 20.5 Å². The Bertz CT molecular complexity index is 641. The highest BCUT2D eigenvalue weighted by molar-refractivity contribution is 7.89. The van der Waals surface area contributed by atoms with E-state index in [0.717, 1.165) is 12.1 Å². The Hall–Kier alpha value is -1.47. The number of sulfonamides is 1. The van der Waals surface area contributed by atoms with E-state index in [9.17, 15) is 17.6 Å². The van der Waals surface area contributed by atoms with Gasteiger partial charge in [-0.2, -0.15) is 0 Å². The van der Waals surface area contributed by atoms with E-state index in [1.807, 2.05) is 13.8 Å². The first kappa shape index (κ1) is 17.6. The Balaban J connectivity index is 3.09. The summed E-state index contributed by atoms with van der Waals surface area (Å²) in [6, 6.07) is 1.99. The standard InChI is InChI=1S/C14H20FNO4S/c1-8(2)5-9(3)20-14(17)11-6-12(15)10(4)13(7-11)21(16,18)19/h6-9H,5H2,1-4H3,(H2,16,18,19). The first-order valence-electron chi connectivity index (χ1n) is 6.56. The maximum absolute atomic E-state index is 13.8. The summed E-state index contributed by atoms with van der Waals surface area (Å²) in [4.78, 5) is 11.5. The van der Waals surface area contributed by atoms with Gasteiger partial charge in [-0.25, -0.2) is 22.7 Å². The van der Waals surface area contributed by atoms with Crippen LogP contribution in [0.15, 0.2) is 17.0 Å². The van der Waals surface area contributed by atoms with Gasteiger partial charge in [0.15, 0.2) is 0 Å². The number of carbonyl (C=O) groups excluding carboxylic acids is 1. The maximum Gasteiger partial charge on any atom is 0.338 e. The largest absolute Gasteiger partial charge is 0.459 e. The van der Waals surface area contributed by atoms with Crippen LogP contribution in [0.3, 0.4) is 0 Å². The Morgan fingerprint density at radius 1 is 1.33 bits per heavy atom. The maximum atomic E-state index is 13.8. The van der Waals surface area contributed by atoms with Gasteiger partial charge in [0.1, 0.15) is 5.82 Å². The highest BCUT2D eigenvalue weighted by Crippen LogP contribution is 2.21. The van der Waals surface area contributed by atoms with Gasteiger partial charge < -0.3 is 4.74 Å². The number of hydrogen-bond acceptors (Lipinski definition) is 4. The molecule has 1 atom stereocenters. The SMILES string of the molecule is Cc1c(F)cc(C(=O)OC(C)CC(C)C)cc1S(N)(=O)=O. The Morgan fingerprint density at radius 2 is 1.90 bits per heavy atom. The number of nitrogens with two attached hydrogens (primary N) is 1. The van der Waals surface area contributed by atoms with Gasteiger partial charge in [0.25, 0.3) is 0 Å². The number of halogens is 1. The molecule has 0 aliphatic rings. The molecule has 0 heterocycles. The van der Waals surface area contributed by atoms with Crippen molar-refractivity contribution in [2.75, 3.05) is 0 Å². The van der Waals surface area contributed by atoms with Crippen molar-refractivity contribution in [2.45, 2.75) is 45.1 Å². The van der Waals surface area contributed by atoms with Crippen LogP contribution in [0.5, 0.6) is 0 Å². The summed E-state index contributed by atoms with van der Waals surface area (Å²) in [7, 11) is -4.11. The zero-order valence-electron chi connectivity index (χ0n) is 12.5. The lowest BCUT2D eigenvalue weighted by molar-refractivity contribution is 0.0299. The molecule has 2 N–H and O–H groups in total. The summed E-state index contributed by atoms with van der Waals surface area (Å²) in [5.41, 5.74) is -0.290. The summed E-state index contributed by atoms with van der Waals surface area (Å²) in [6.07, 6.45) is 0.307. The Kier molecular flexibility index (Phi) is 5.47. The fourth-order valence-electron chi connectivity index (χ4n) is 2.03. The molecule has 0 aliphatic heterocycles. The summed E-state index contributed by atoms with van der Waals surface area (Å²) < 4.78 is 41.7. The van der Waals surface area contributed by atoms with Crippen molar-refractivity contribution >= 4 is 16.0 Å². The molecular weight excluding hydrogens is 297 g/mol. The number of benzene rings is 1. The molecule has 1 aromatic rings. The molecule has 21 heavy (non-hydrogen) atoms. The molecule has 1 rings (SSSR count). The van der Waals surface area contributed by atoms with Crippen LogP contribution in [0, 0.1) is 18.7 Å². The third-order valence-corrected chi connectivity index (χ3v) is 3.99. The quantitative estimate of drug-likeness (QED) is 0.845.